The third kappa shape index (κ3) is 6.59. The van der Waals surface area contributed by atoms with Crippen molar-refractivity contribution >= 4 is 39.6 Å². The Morgan fingerprint density at radius 1 is 1.00 bits per heavy atom. The number of carbonyl (C=O) groups is 4. The van der Waals surface area contributed by atoms with Crippen molar-refractivity contribution in [3.05, 3.63) is 82.3 Å². The second-order valence-electron chi connectivity index (χ2n) is 9.88. The number of fused-ring (bicyclic) bond motifs is 1. The minimum atomic E-state index is -0.743. The number of hydrogen-bond acceptors (Lipinski definition) is 4. The molecule has 200 valence electrons. The SMILES string of the molecule is CCCNC(=O)C(Cc1ccccc1)N(Cc1cccc(Br)c1)C(=O)CCN1C(=O)[C@H]2CC=CC[C@H]2C1=O. The fourth-order valence-electron chi connectivity index (χ4n) is 5.19. The Balaban J connectivity index is 1.57. The van der Waals surface area contributed by atoms with Crippen LogP contribution in [0.4, 0.5) is 0 Å². The van der Waals surface area contributed by atoms with E-state index in [2.05, 4.69) is 21.2 Å². The second kappa shape index (κ2) is 13.0. The molecule has 38 heavy (non-hydrogen) atoms. The Morgan fingerprint density at radius 3 is 2.29 bits per heavy atom. The van der Waals surface area contributed by atoms with Gasteiger partial charge in [-0.2, -0.15) is 0 Å². The number of likely N-dealkylation sites (tertiary alicyclic amines) is 1. The van der Waals surface area contributed by atoms with Gasteiger partial charge in [0.1, 0.15) is 6.04 Å². The maximum atomic E-state index is 13.8. The molecule has 1 saturated heterocycles. The molecule has 8 heteroatoms. The van der Waals surface area contributed by atoms with E-state index < -0.39 is 6.04 Å². The van der Waals surface area contributed by atoms with Crippen LogP contribution in [0.1, 0.15) is 43.7 Å². The standard InChI is InChI=1S/C30H34BrN3O4/c1-2-16-32-28(36)26(19-21-9-4-3-5-10-21)34(20-22-11-8-12-23(31)18-22)27(35)15-17-33-29(37)24-13-6-7-14-25(24)30(33)38/h3-12,18,24-26H,2,13-17,19-20H2,1H3,(H,32,36)/t24-,25+,26?. The largest absolute Gasteiger partial charge is 0.354 e. The maximum Gasteiger partial charge on any atom is 0.243 e. The van der Waals surface area contributed by atoms with Gasteiger partial charge < -0.3 is 10.2 Å². The lowest BCUT2D eigenvalue weighted by Gasteiger charge is -2.32. The van der Waals surface area contributed by atoms with Crippen molar-refractivity contribution in [3.8, 4) is 0 Å². The van der Waals surface area contributed by atoms with Crippen molar-refractivity contribution in [2.24, 2.45) is 11.8 Å². The zero-order chi connectivity index (χ0) is 27.1. The van der Waals surface area contributed by atoms with E-state index in [4.69, 9.17) is 0 Å². The first-order chi connectivity index (χ1) is 18.4. The molecule has 1 aliphatic heterocycles. The van der Waals surface area contributed by atoms with Gasteiger partial charge in [-0.1, -0.05) is 77.5 Å². The van der Waals surface area contributed by atoms with Crippen LogP contribution in [0.2, 0.25) is 0 Å². The molecule has 4 rings (SSSR count). The second-order valence-corrected chi connectivity index (χ2v) is 10.8. The summed E-state index contributed by atoms with van der Waals surface area (Å²) in [6.07, 6.45) is 6.11. The van der Waals surface area contributed by atoms with Crippen molar-refractivity contribution in [2.45, 2.75) is 51.6 Å². The lowest BCUT2D eigenvalue weighted by atomic mass is 9.85. The summed E-state index contributed by atoms with van der Waals surface area (Å²) < 4.78 is 0.877. The molecule has 0 aromatic heterocycles. The van der Waals surface area contributed by atoms with Crippen LogP contribution in [0.3, 0.4) is 0 Å². The van der Waals surface area contributed by atoms with Gasteiger partial charge in [0, 0.05) is 36.9 Å². The molecule has 0 spiro atoms. The lowest BCUT2D eigenvalue weighted by molar-refractivity contribution is -0.144. The van der Waals surface area contributed by atoms with E-state index in [9.17, 15) is 19.2 Å². The third-order valence-electron chi connectivity index (χ3n) is 7.21. The molecule has 0 saturated carbocycles. The summed E-state index contributed by atoms with van der Waals surface area (Å²) >= 11 is 3.49. The number of imide groups is 1. The summed E-state index contributed by atoms with van der Waals surface area (Å²) in [6, 6.07) is 16.5. The number of benzene rings is 2. The zero-order valence-electron chi connectivity index (χ0n) is 21.6. The number of allylic oxidation sites excluding steroid dienone is 2. The first-order valence-electron chi connectivity index (χ1n) is 13.2. The van der Waals surface area contributed by atoms with Gasteiger partial charge in [0.25, 0.3) is 0 Å². The summed E-state index contributed by atoms with van der Waals surface area (Å²) in [6.45, 7) is 2.74. The van der Waals surface area contributed by atoms with Crippen molar-refractivity contribution < 1.29 is 19.2 Å². The van der Waals surface area contributed by atoms with Crippen molar-refractivity contribution in [1.82, 2.24) is 15.1 Å². The molecular formula is C30H34BrN3O4. The van der Waals surface area contributed by atoms with Crippen LogP contribution >= 0.6 is 15.9 Å². The predicted octanol–water partition coefficient (Wildman–Crippen LogP) is 4.26. The van der Waals surface area contributed by atoms with Crippen LogP contribution in [0.5, 0.6) is 0 Å². The van der Waals surface area contributed by atoms with Gasteiger partial charge in [-0.15, -0.1) is 0 Å². The monoisotopic (exact) mass is 579 g/mol. The highest BCUT2D eigenvalue weighted by Crippen LogP contribution is 2.35. The quantitative estimate of drug-likeness (QED) is 0.318. The highest BCUT2D eigenvalue weighted by molar-refractivity contribution is 9.10. The van der Waals surface area contributed by atoms with E-state index in [-0.39, 0.29) is 55.0 Å². The molecule has 1 fully saturated rings. The van der Waals surface area contributed by atoms with Gasteiger partial charge in [0.05, 0.1) is 11.8 Å². The Labute approximate surface area is 232 Å². The van der Waals surface area contributed by atoms with E-state index in [0.717, 1.165) is 22.0 Å². The molecule has 2 aliphatic rings. The van der Waals surface area contributed by atoms with Crippen LogP contribution < -0.4 is 5.32 Å². The molecule has 1 heterocycles. The number of amides is 4. The summed E-state index contributed by atoms with van der Waals surface area (Å²) in [5, 5.41) is 2.96. The summed E-state index contributed by atoms with van der Waals surface area (Å²) in [5.74, 6) is -1.54. The van der Waals surface area contributed by atoms with Crippen LogP contribution in [0.15, 0.2) is 71.2 Å². The molecule has 4 amide bonds. The Bertz CT molecular complexity index is 1170. The highest BCUT2D eigenvalue weighted by atomic mass is 79.9. The highest BCUT2D eigenvalue weighted by Gasteiger charge is 2.47. The van der Waals surface area contributed by atoms with E-state index in [1.807, 2.05) is 73.7 Å². The molecule has 1 aliphatic carbocycles. The maximum absolute atomic E-state index is 13.8. The first kappa shape index (κ1) is 27.8. The molecule has 7 nitrogen and oxygen atoms in total. The smallest absolute Gasteiger partial charge is 0.243 e. The Kier molecular flexibility index (Phi) is 9.50. The van der Waals surface area contributed by atoms with E-state index in [1.165, 1.54) is 4.90 Å². The zero-order valence-corrected chi connectivity index (χ0v) is 23.2. The van der Waals surface area contributed by atoms with E-state index >= 15 is 0 Å². The predicted molar refractivity (Wildman–Crippen MR) is 149 cm³/mol. The normalized spacial score (nSPS) is 19.3. The number of halogens is 1. The summed E-state index contributed by atoms with van der Waals surface area (Å²) in [7, 11) is 0. The van der Waals surface area contributed by atoms with Gasteiger partial charge in [-0.3, -0.25) is 24.1 Å². The number of nitrogens with one attached hydrogen (secondary N) is 1. The van der Waals surface area contributed by atoms with E-state index in [0.29, 0.717) is 25.8 Å². The summed E-state index contributed by atoms with van der Waals surface area (Å²) in [4.78, 5) is 55.9. The molecule has 0 bridgehead atoms. The average Bonchev–Trinajstić information content (AvgIpc) is 3.17. The van der Waals surface area contributed by atoms with Crippen molar-refractivity contribution in [2.75, 3.05) is 13.1 Å². The molecule has 3 atom stereocenters. The number of carbonyl (C=O) groups excluding carboxylic acids is 4. The molecule has 2 aromatic carbocycles. The van der Waals surface area contributed by atoms with Crippen molar-refractivity contribution in [3.63, 3.8) is 0 Å². The van der Waals surface area contributed by atoms with Crippen LogP contribution in [0.25, 0.3) is 0 Å². The van der Waals surface area contributed by atoms with Gasteiger partial charge in [-0.25, -0.2) is 0 Å². The fourth-order valence-corrected chi connectivity index (χ4v) is 5.64. The lowest BCUT2D eigenvalue weighted by Crippen LogP contribution is -2.51. The molecular weight excluding hydrogens is 546 g/mol. The van der Waals surface area contributed by atoms with Gasteiger partial charge in [0.2, 0.25) is 23.6 Å². The molecule has 0 radical (unpaired) electrons. The topological polar surface area (TPSA) is 86.8 Å². The average molecular weight is 581 g/mol. The minimum Gasteiger partial charge on any atom is -0.354 e. The van der Waals surface area contributed by atoms with Crippen LogP contribution in [0, 0.1) is 11.8 Å². The van der Waals surface area contributed by atoms with Crippen LogP contribution in [-0.4, -0.2) is 52.6 Å². The minimum absolute atomic E-state index is 0.0210. The van der Waals surface area contributed by atoms with Gasteiger partial charge in [-0.05, 0) is 42.5 Å². The number of nitrogens with zero attached hydrogens (tertiary/aromatic N) is 2. The van der Waals surface area contributed by atoms with Crippen LogP contribution in [-0.2, 0) is 32.1 Å². The fraction of sp³-hybridized carbons (Fsp3) is 0.400. The van der Waals surface area contributed by atoms with Crippen molar-refractivity contribution in [1.29, 1.82) is 0 Å². The number of hydrogen-bond donors (Lipinski definition) is 1. The Morgan fingerprint density at radius 2 is 1.66 bits per heavy atom. The molecule has 1 unspecified atom stereocenters. The molecule has 2 aromatic rings. The van der Waals surface area contributed by atoms with Gasteiger partial charge >= 0.3 is 0 Å². The molecule has 1 N–H and O–H groups in total. The Hall–Kier alpha value is -3.26. The third-order valence-corrected chi connectivity index (χ3v) is 7.70. The number of rotatable bonds is 11. The summed E-state index contributed by atoms with van der Waals surface area (Å²) in [5.41, 5.74) is 1.82. The van der Waals surface area contributed by atoms with Gasteiger partial charge in [0.15, 0.2) is 0 Å². The first-order valence-corrected chi connectivity index (χ1v) is 14.0. The van der Waals surface area contributed by atoms with E-state index in [1.54, 1.807) is 4.90 Å².